The van der Waals surface area contributed by atoms with Gasteiger partial charge in [0.25, 0.3) is 5.91 Å². The van der Waals surface area contributed by atoms with E-state index in [4.69, 9.17) is 9.15 Å². The summed E-state index contributed by atoms with van der Waals surface area (Å²) in [6.45, 7) is 9.78. The number of unbranched alkanes of at least 4 members (excludes halogenated alkanes) is 3. The fourth-order valence-electron chi connectivity index (χ4n) is 5.87. The molecule has 0 spiro atoms. The molecule has 2 aromatic rings. The number of carbonyl (C=O) groups excluding carboxylic acids is 1. The molecule has 192 valence electrons. The van der Waals surface area contributed by atoms with Crippen LogP contribution in [0.4, 0.5) is 0 Å². The highest BCUT2D eigenvalue weighted by Crippen LogP contribution is 2.50. The van der Waals surface area contributed by atoms with Crippen LogP contribution in [0.25, 0.3) is 0 Å². The van der Waals surface area contributed by atoms with E-state index in [0.29, 0.717) is 29.5 Å². The Labute approximate surface area is 211 Å². The summed E-state index contributed by atoms with van der Waals surface area (Å²) in [5.74, 6) is 0.994. The maximum absolute atomic E-state index is 12.7. The molecule has 0 saturated carbocycles. The quantitative estimate of drug-likeness (QED) is 0.337. The van der Waals surface area contributed by atoms with Crippen LogP contribution in [0.5, 0.6) is 0 Å². The summed E-state index contributed by atoms with van der Waals surface area (Å²) >= 11 is 0. The summed E-state index contributed by atoms with van der Waals surface area (Å²) in [5.41, 5.74) is 3.64. The van der Waals surface area contributed by atoms with E-state index >= 15 is 0 Å². The molecule has 2 saturated heterocycles. The summed E-state index contributed by atoms with van der Waals surface area (Å²) in [4.78, 5) is 17.3. The second-order valence-corrected chi connectivity index (χ2v) is 11.8. The van der Waals surface area contributed by atoms with Crippen LogP contribution in [-0.4, -0.2) is 29.6 Å². The van der Waals surface area contributed by atoms with Crippen molar-refractivity contribution < 1.29 is 13.9 Å². The molecule has 1 amide bonds. The van der Waals surface area contributed by atoms with E-state index in [1.54, 1.807) is 0 Å². The lowest BCUT2D eigenvalue weighted by molar-refractivity contribution is 0.0897. The Morgan fingerprint density at radius 1 is 1.06 bits per heavy atom. The Balaban J connectivity index is 1.32. The van der Waals surface area contributed by atoms with Gasteiger partial charge >= 0.3 is 0 Å². The van der Waals surface area contributed by atoms with Crippen molar-refractivity contribution >= 4 is 5.91 Å². The van der Waals surface area contributed by atoms with Crippen molar-refractivity contribution in [2.45, 2.75) is 110 Å². The third-order valence-electron chi connectivity index (χ3n) is 7.70. The van der Waals surface area contributed by atoms with Gasteiger partial charge in [0.1, 0.15) is 6.26 Å². The van der Waals surface area contributed by atoms with E-state index in [-0.39, 0.29) is 24.0 Å². The molecule has 2 fully saturated rings. The number of amides is 1. The normalized spacial score (nSPS) is 23.7. The highest BCUT2D eigenvalue weighted by molar-refractivity contribution is 5.91. The van der Waals surface area contributed by atoms with Crippen LogP contribution in [0.2, 0.25) is 0 Å². The van der Waals surface area contributed by atoms with Gasteiger partial charge in [-0.25, -0.2) is 4.98 Å². The van der Waals surface area contributed by atoms with Crippen LogP contribution in [0.3, 0.4) is 0 Å². The SMILES string of the molecule is CCCc1ccccc1C[C@@H]1[C@H](c2nc(C(=O)NCCCCCCC(C)(C)C)co2)[C@H]2CC[C@@H]1O2. The lowest BCUT2D eigenvalue weighted by atomic mass is 9.75. The summed E-state index contributed by atoms with van der Waals surface area (Å²) < 4.78 is 12.2. The smallest absolute Gasteiger partial charge is 0.273 e. The molecule has 5 nitrogen and oxygen atoms in total. The number of hydrogen-bond acceptors (Lipinski definition) is 4. The molecule has 1 aromatic heterocycles. The monoisotopic (exact) mass is 480 g/mol. The van der Waals surface area contributed by atoms with Gasteiger partial charge in [-0.15, -0.1) is 0 Å². The van der Waals surface area contributed by atoms with Gasteiger partial charge in [0.2, 0.25) is 5.89 Å². The number of nitrogens with one attached hydrogen (secondary N) is 1. The topological polar surface area (TPSA) is 64.4 Å². The first-order valence-corrected chi connectivity index (χ1v) is 13.8. The van der Waals surface area contributed by atoms with Crippen molar-refractivity contribution in [1.29, 1.82) is 0 Å². The predicted molar refractivity (Wildman–Crippen MR) is 140 cm³/mol. The minimum atomic E-state index is -0.136. The van der Waals surface area contributed by atoms with Gasteiger partial charge < -0.3 is 14.5 Å². The molecule has 4 atom stereocenters. The van der Waals surface area contributed by atoms with E-state index < -0.39 is 0 Å². The van der Waals surface area contributed by atoms with Gasteiger partial charge in [-0.3, -0.25) is 4.79 Å². The molecule has 0 unspecified atom stereocenters. The summed E-state index contributed by atoms with van der Waals surface area (Å²) in [5, 5.41) is 3.02. The predicted octanol–water partition coefficient (Wildman–Crippen LogP) is 6.86. The third kappa shape index (κ3) is 6.75. The molecular weight excluding hydrogens is 436 g/mol. The van der Waals surface area contributed by atoms with Crippen molar-refractivity contribution in [2.24, 2.45) is 11.3 Å². The van der Waals surface area contributed by atoms with Crippen molar-refractivity contribution in [1.82, 2.24) is 10.3 Å². The van der Waals surface area contributed by atoms with Crippen LogP contribution in [0, 0.1) is 11.3 Å². The fourth-order valence-corrected chi connectivity index (χ4v) is 5.87. The van der Waals surface area contributed by atoms with E-state index in [9.17, 15) is 4.79 Å². The van der Waals surface area contributed by atoms with Crippen LogP contribution in [-0.2, 0) is 17.6 Å². The zero-order chi connectivity index (χ0) is 24.8. The summed E-state index contributed by atoms with van der Waals surface area (Å²) in [6.07, 6.45) is 13.1. The van der Waals surface area contributed by atoms with Crippen molar-refractivity contribution in [3.8, 4) is 0 Å². The lowest BCUT2D eigenvalue weighted by Crippen LogP contribution is -2.28. The number of benzene rings is 1. The molecule has 4 rings (SSSR count). The van der Waals surface area contributed by atoms with Gasteiger partial charge in [-0.2, -0.15) is 0 Å². The standard InChI is InChI=1S/C30H44N2O3/c1-5-12-21-13-8-9-14-22(21)19-23-25-15-16-26(35-25)27(23)29-32-24(20-34-29)28(33)31-18-11-7-6-10-17-30(2,3)4/h8-9,13-14,20,23,25-27H,5-7,10-12,15-19H2,1-4H3,(H,31,33)/t23-,25-,26+,27-/m0/s1. The van der Waals surface area contributed by atoms with E-state index in [1.807, 2.05) is 0 Å². The number of ether oxygens (including phenoxy) is 1. The van der Waals surface area contributed by atoms with Gasteiger partial charge in [0.15, 0.2) is 5.69 Å². The van der Waals surface area contributed by atoms with E-state index in [2.05, 4.69) is 62.3 Å². The molecule has 2 aliphatic rings. The zero-order valence-corrected chi connectivity index (χ0v) is 22.1. The van der Waals surface area contributed by atoms with Gasteiger partial charge in [-0.1, -0.05) is 77.6 Å². The largest absolute Gasteiger partial charge is 0.448 e. The Bertz CT molecular complexity index is 961. The molecule has 35 heavy (non-hydrogen) atoms. The number of carbonyl (C=O) groups is 1. The Hall–Kier alpha value is -2.14. The molecule has 5 heteroatoms. The molecule has 2 bridgehead atoms. The van der Waals surface area contributed by atoms with Crippen LogP contribution < -0.4 is 5.32 Å². The molecule has 1 N–H and O–H groups in total. The summed E-state index contributed by atoms with van der Waals surface area (Å²) in [6, 6.07) is 8.77. The average Bonchev–Trinajstić information content (AvgIpc) is 3.56. The lowest BCUT2D eigenvalue weighted by Gasteiger charge is -2.26. The highest BCUT2D eigenvalue weighted by Gasteiger charge is 2.51. The maximum Gasteiger partial charge on any atom is 0.273 e. The van der Waals surface area contributed by atoms with Crippen LogP contribution in [0.15, 0.2) is 34.9 Å². The molecule has 0 aliphatic carbocycles. The number of aryl methyl sites for hydroxylation is 1. The third-order valence-corrected chi connectivity index (χ3v) is 7.70. The Kier molecular flexibility index (Phi) is 8.69. The second-order valence-electron chi connectivity index (χ2n) is 11.8. The van der Waals surface area contributed by atoms with Gasteiger partial charge in [-0.05, 0) is 55.1 Å². The Morgan fingerprint density at radius 2 is 1.80 bits per heavy atom. The zero-order valence-electron chi connectivity index (χ0n) is 22.1. The molecule has 1 aromatic carbocycles. The van der Waals surface area contributed by atoms with Gasteiger partial charge in [0.05, 0.1) is 18.1 Å². The van der Waals surface area contributed by atoms with Gasteiger partial charge in [0, 0.05) is 12.5 Å². The number of oxazole rings is 1. The second kappa shape index (κ2) is 11.7. The van der Waals surface area contributed by atoms with Crippen molar-refractivity contribution in [2.75, 3.05) is 6.54 Å². The van der Waals surface area contributed by atoms with Crippen LogP contribution in [0.1, 0.15) is 112 Å². The van der Waals surface area contributed by atoms with E-state index in [1.165, 1.54) is 36.7 Å². The Morgan fingerprint density at radius 3 is 2.57 bits per heavy atom. The highest BCUT2D eigenvalue weighted by atomic mass is 16.5. The first kappa shape index (κ1) is 25.9. The maximum atomic E-state index is 12.7. The number of nitrogens with zero attached hydrogens (tertiary/aromatic N) is 1. The molecule has 3 heterocycles. The first-order valence-electron chi connectivity index (χ1n) is 13.8. The summed E-state index contributed by atoms with van der Waals surface area (Å²) in [7, 11) is 0. The number of fused-ring (bicyclic) bond motifs is 2. The molecule has 0 radical (unpaired) electrons. The number of aromatic nitrogens is 1. The minimum Gasteiger partial charge on any atom is -0.448 e. The fraction of sp³-hybridized carbons (Fsp3) is 0.667. The number of hydrogen-bond donors (Lipinski definition) is 1. The molecule has 2 aliphatic heterocycles. The van der Waals surface area contributed by atoms with Crippen molar-refractivity contribution in [3.63, 3.8) is 0 Å². The van der Waals surface area contributed by atoms with E-state index in [0.717, 1.165) is 44.9 Å². The van der Waals surface area contributed by atoms with Crippen LogP contribution >= 0.6 is 0 Å². The molecular formula is C30H44N2O3. The minimum absolute atomic E-state index is 0.118. The van der Waals surface area contributed by atoms with Crippen molar-refractivity contribution in [3.05, 3.63) is 53.2 Å². The number of rotatable bonds is 12. The average molecular weight is 481 g/mol. The first-order chi connectivity index (χ1) is 16.9.